The zero-order valence-corrected chi connectivity index (χ0v) is 12.7. The Morgan fingerprint density at radius 1 is 1.50 bits per heavy atom. The molecule has 0 unspecified atom stereocenters. The number of Topliss-reactive ketones (excluding diaryl/α,β-unsaturated/α-hetero) is 1. The van der Waals surface area contributed by atoms with E-state index in [-0.39, 0.29) is 17.2 Å². The summed E-state index contributed by atoms with van der Waals surface area (Å²) in [7, 11) is 0. The van der Waals surface area contributed by atoms with E-state index < -0.39 is 5.92 Å². The maximum Gasteiger partial charge on any atom is 0.205 e. The fraction of sp³-hybridized carbons (Fsp3) is 0.200. The SMILES string of the molecule is CC(=O)C1=C(C)OC(N)=C(C#N)[C@@H]1c1cccc(Br)c1. The van der Waals surface area contributed by atoms with Gasteiger partial charge in [0.05, 0.1) is 5.92 Å². The first-order chi connectivity index (χ1) is 9.45. The van der Waals surface area contributed by atoms with Crippen molar-refractivity contribution in [2.45, 2.75) is 19.8 Å². The van der Waals surface area contributed by atoms with Gasteiger partial charge in [0.1, 0.15) is 17.4 Å². The molecule has 0 amide bonds. The molecule has 1 heterocycles. The van der Waals surface area contributed by atoms with Crippen LogP contribution in [0.15, 0.2) is 51.5 Å². The Hall–Kier alpha value is -2.06. The summed E-state index contributed by atoms with van der Waals surface area (Å²) in [6.45, 7) is 3.15. The highest BCUT2D eigenvalue weighted by atomic mass is 79.9. The molecule has 0 saturated carbocycles. The first-order valence-electron chi connectivity index (χ1n) is 6.00. The predicted octanol–water partition coefficient (Wildman–Crippen LogP) is 3.12. The molecule has 102 valence electrons. The second-order valence-corrected chi connectivity index (χ2v) is 5.42. The molecule has 0 aromatic heterocycles. The number of ether oxygens (including phenoxy) is 1. The van der Waals surface area contributed by atoms with Crippen molar-refractivity contribution in [2.24, 2.45) is 5.73 Å². The van der Waals surface area contributed by atoms with Crippen LogP contribution in [0.3, 0.4) is 0 Å². The molecule has 1 aliphatic rings. The molecule has 1 atom stereocenters. The van der Waals surface area contributed by atoms with E-state index in [1.165, 1.54) is 6.92 Å². The molecule has 5 heteroatoms. The largest absolute Gasteiger partial charge is 0.445 e. The van der Waals surface area contributed by atoms with Crippen molar-refractivity contribution >= 4 is 21.7 Å². The van der Waals surface area contributed by atoms with Crippen LogP contribution in [0.2, 0.25) is 0 Å². The van der Waals surface area contributed by atoms with Crippen LogP contribution in [-0.2, 0) is 9.53 Å². The molecular weight excluding hydrogens is 320 g/mol. The molecule has 0 bridgehead atoms. The third kappa shape index (κ3) is 2.47. The first-order valence-corrected chi connectivity index (χ1v) is 6.79. The minimum Gasteiger partial charge on any atom is -0.445 e. The lowest BCUT2D eigenvalue weighted by molar-refractivity contribution is -0.114. The normalized spacial score (nSPS) is 18.6. The molecular formula is C15H13BrN2O2. The number of nitriles is 1. The van der Waals surface area contributed by atoms with Crippen LogP contribution in [-0.4, -0.2) is 5.78 Å². The van der Waals surface area contributed by atoms with Crippen molar-refractivity contribution < 1.29 is 9.53 Å². The van der Waals surface area contributed by atoms with Crippen molar-refractivity contribution in [2.75, 3.05) is 0 Å². The maximum atomic E-state index is 11.9. The fourth-order valence-corrected chi connectivity index (χ4v) is 2.77. The number of hydrogen-bond donors (Lipinski definition) is 1. The summed E-state index contributed by atoms with van der Waals surface area (Å²) in [6, 6.07) is 9.52. The molecule has 0 saturated heterocycles. The fourth-order valence-electron chi connectivity index (χ4n) is 2.36. The average Bonchev–Trinajstić information content (AvgIpc) is 2.37. The Morgan fingerprint density at radius 3 is 2.75 bits per heavy atom. The Balaban J connectivity index is 2.67. The number of carbonyl (C=O) groups excluding carboxylic acids is 1. The van der Waals surface area contributed by atoms with Gasteiger partial charge >= 0.3 is 0 Å². The molecule has 4 nitrogen and oxygen atoms in total. The highest BCUT2D eigenvalue weighted by molar-refractivity contribution is 9.10. The van der Waals surface area contributed by atoms with E-state index in [4.69, 9.17) is 10.5 Å². The number of benzene rings is 1. The average molecular weight is 333 g/mol. The van der Waals surface area contributed by atoms with Crippen LogP contribution in [0.1, 0.15) is 25.3 Å². The highest BCUT2D eigenvalue weighted by Gasteiger charge is 2.33. The summed E-state index contributed by atoms with van der Waals surface area (Å²) in [5.74, 6) is -0.115. The summed E-state index contributed by atoms with van der Waals surface area (Å²) in [6.07, 6.45) is 0. The van der Waals surface area contributed by atoms with Crippen LogP contribution >= 0.6 is 15.9 Å². The van der Waals surface area contributed by atoms with Gasteiger partial charge in [-0.15, -0.1) is 0 Å². The number of nitrogens with zero attached hydrogens (tertiary/aromatic N) is 1. The summed E-state index contributed by atoms with van der Waals surface area (Å²) in [4.78, 5) is 11.9. The van der Waals surface area contributed by atoms with Crippen molar-refractivity contribution in [3.8, 4) is 6.07 Å². The monoisotopic (exact) mass is 332 g/mol. The van der Waals surface area contributed by atoms with Crippen molar-refractivity contribution in [1.29, 1.82) is 5.26 Å². The molecule has 2 N–H and O–H groups in total. The standard InChI is InChI=1S/C15H13BrN2O2/c1-8(19)13-9(2)20-15(18)12(7-17)14(13)10-4-3-5-11(16)6-10/h3-6,14H,18H2,1-2H3/t14-/m0/s1. The molecule has 1 aromatic rings. The molecule has 0 aliphatic carbocycles. The Bertz CT molecular complexity index is 683. The van der Waals surface area contributed by atoms with Gasteiger partial charge in [0.15, 0.2) is 5.78 Å². The maximum absolute atomic E-state index is 11.9. The first kappa shape index (κ1) is 14.4. The van der Waals surface area contributed by atoms with Gasteiger partial charge in [0.25, 0.3) is 0 Å². The smallest absolute Gasteiger partial charge is 0.205 e. The quantitative estimate of drug-likeness (QED) is 0.902. The Labute approximate surface area is 125 Å². The van der Waals surface area contributed by atoms with Crippen molar-refractivity contribution in [1.82, 2.24) is 0 Å². The highest BCUT2D eigenvalue weighted by Crippen LogP contribution is 2.39. The molecule has 0 radical (unpaired) electrons. The second-order valence-electron chi connectivity index (χ2n) is 4.51. The summed E-state index contributed by atoms with van der Waals surface area (Å²) in [5, 5.41) is 9.33. The van der Waals surface area contributed by atoms with Crippen molar-refractivity contribution in [3.63, 3.8) is 0 Å². The zero-order chi connectivity index (χ0) is 14.9. The summed E-state index contributed by atoms with van der Waals surface area (Å²) in [5.41, 5.74) is 7.34. The third-order valence-electron chi connectivity index (χ3n) is 3.17. The van der Waals surface area contributed by atoms with Gasteiger partial charge in [-0.3, -0.25) is 4.79 Å². The third-order valence-corrected chi connectivity index (χ3v) is 3.66. The number of ketones is 1. The van der Waals surface area contributed by atoms with Gasteiger partial charge in [-0.25, -0.2) is 0 Å². The van der Waals surface area contributed by atoms with E-state index in [9.17, 15) is 10.1 Å². The van der Waals surface area contributed by atoms with Gasteiger partial charge in [0.2, 0.25) is 5.88 Å². The van der Waals surface area contributed by atoms with Gasteiger partial charge in [0, 0.05) is 10.0 Å². The van der Waals surface area contributed by atoms with E-state index in [0.717, 1.165) is 10.0 Å². The molecule has 0 spiro atoms. The van der Waals surface area contributed by atoms with Crippen LogP contribution in [0.4, 0.5) is 0 Å². The Morgan fingerprint density at radius 2 is 2.20 bits per heavy atom. The zero-order valence-electron chi connectivity index (χ0n) is 11.1. The molecule has 0 fully saturated rings. The van der Waals surface area contributed by atoms with E-state index in [0.29, 0.717) is 11.3 Å². The number of nitrogens with two attached hydrogens (primary N) is 1. The molecule has 1 aliphatic heterocycles. The number of hydrogen-bond acceptors (Lipinski definition) is 4. The molecule has 1 aromatic carbocycles. The van der Waals surface area contributed by atoms with Crippen LogP contribution in [0.25, 0.3) is 0 Å². The Kier molecular flexibility index (Phi) is 3.96. The van der Waals surface area contributed by atoms with E-state index in [1.54, 1.807) is 6.92 Å². The molecule has 2 rings (SSSR count). The lowest BCUT2D eigenvalue weighted by atomic mass is 9.81. The van der Waals surface area contributed by atoms with E-state index >= 15 is 0 Å². The minimum atomic E-state index is -0.483. The van der Waals surface area contributed by atoms with Gasteiger partial charge < -0.3 is 10.5 Å². The van der Waals surface area contributed by atoms with Crippen LogP contribution < -0.4 is 5.73 Å². The number of halogens is 1. The topological polar surface area (TPSA) is 76.1 Å². The van der Waals surface area contributed by atoms with Crippen LogP contribution in [0.5, 0.6) is 0 Å². The predicted molar refractivity (Wildman–Crippen MR) is 78.2 cm³/mol. The van der Waals surface area contributed by atoms with E-state index in [1.807, 2.05) is 24.3 Å². The van der Waals surface area contributed by atoms with E-state index in [2.05, 4.69) is 22.0 Å². The number of allylic oxidation sites excluding steroid dienone is 3. The minimum absolute atomic E-state index is 0.0555. The lowest BCUT2D eigenvalue weighted by Crippen LogP contribution is -2.23. The van der Waals surface area contributed by atoms with Gasteiger partial charge in [-0.1, -0.05) is 28.1 Å². The second kappa shape index (κ2) is 5.51. The van der Waals surface area contributed by atoms with Crippen molar-refractivity contribution in [3.05, 3.63) is 57.1 Å². The van der Waals surface area contributed by atoms with Gasteiger partial charge in [-0.2, -0.15) is 5.26 Å². The molecule has 20 heavy (non-hydrogen) atoms. The number of carbonyl (C=O) groups is 1. The lowest BCUT2D eigenvalue weighted by Gasteiger charge is -2.26. The summed E-state index contributed by atoms with van der Waals surface area (Å²) < 4.78 is 6.20. The number of rotatable bonds is 2. The summed E-state index contributed by atoms with van der Waals surface area (Å²) >= 11 is 3.40. The van der Waals surface area contributed by atoms with Gasteiger partial charge in [-0.05, 0) is 31.5 Å². The van der Waals surface area contributed by atoms with Crippen LogP contribution in [0, 0.1) is 11.3 Å².